The molecule has 0 amide bonds. The van der Waals surface area contributed by atoms with Gasteiger partial charge in [-0.15, -0.1) is 0 Å². The highest BCUT2D eigenvalue weighted by molar-refractivity contribution is 5.08. The van der Waals surface area contributed by atoms with E-state index in [0.29, 0.717) is 0 Å². The molecule has 2 rings (SSSR count). The van der Waals surface area contributed by atoms with E-state index >= 15 is 0 Å². The Bertz CT molecular complexity index is 425. The van der Waals surface area contributed by atoms with Gasteiger partial charge in [0.1, 0.15) is 0 Å². The summed E-state index contributed by atoms with van der Waals surface area (Å²) in [5.74, 6) is 3.50. The minimum Gasteiger partial charge on any atom is -0.193 e. The van der Waals surface area contributed by atoms with E-state index in [1.54, 1.807) is 11.6 Å². The molecule has 0 unspecified atom stereocenters. The number of rotatable bonds is 8. The third kappa shape index (κ3) is 6.12. The van der Waals surface area contributed by atoms with E-state index in [2.05, 4.69) is 19.6 Å². The maximum atomic E-state index is 8.54. The van der Waals surface area contributed by atoms with E-state index in [-0.39, 0.29) is 0 Å². The summed E-state index contributed by atoms with van der Waals surface area (Å²) in [5, 5.41) is 8.54. The first-order chi connectivity index (χ1) is 11.7. The van der Waals surface area contributed by atoms with Crippen LogP contribution in [0, 0.1) is 35.0 Å². The van der Waals surface area contributed by atoms with Crippen LogP contribution in [0.5, 0.6) is 0 Å². The lowest BCUT2D eigenvalue weighted by atomic mass is 9.70. The zero-order chi connectivity index (χ0) is 17.2. The van der Waals surface area contributed by atoms with Crippen LogP contribution in [0.4, 0.5) is 0 Å². The van der Waals surface area contributed by atoms with Gasteiger partial charge in [-0.1, -0.05) is 44.4 Å². The molecule has 0 aromatic heterocycles. The normalized spacial score (nSPS) is 31.0. The highest BCUT2D eigenvalue weighted by atomic mass is 14.3. The SMILES string of the molecule is C=C([C@H]1CC[C@H](CC/C=C/C#N)CC1)[C@H]1CC[C@H](CCCC)CC1. The van der Waals surface area contributed by atoms with Crippen LogP contribution in [0.25, 0.3) is 0 Å². The van der Waals surface area contributed by atoms with Crippen molar-refractivity contribution in [3.63, 3.8) is 0 Å². The van der Waals surface area contributed by atoms with Crippen molar-refractivity contribution in [1.82, 2.24) is 0 Å². The molecule has 0 aromatic rings. The topological polar surface area (TPSA) is 23.8 Å². The number of hydrogen-bond donors (Lipinski definition) is 0. The Hall–Kier alpha value is -1.03. The van der Waals surface area contributed by atoms with Crippen LogP contribution in [0.15, 0.2) is 24.3 Å². The molecule has 2 saturated carbocycles. The standard InChI is InChI=1S/C23H37N/c1-3-4-8-20-10-14-22(15-11-20)19(2)23-16-12-21(13-17-23)9-6-5-7-18-24/h5,7,20-23H,2-4,6,8-17H2,1H3/b7-5+/t20-,21-,22-,23-. The first-order valence-corrected chi connectivity index (χ1v) is 10.5. The molecule has 0 saturated heterocycles. The molecule has 0 spiro atoms. The summed E-state index contributed by atoms with van der Waals surface area (Å²) in [7, 11) is 0. The van der Waals surface area contributed by atoms with Gasteiger partial charge < -0.3 is 0 Å². The summed E-state index contributed by atoms with van der Waals surface area (Å²) in [4.78, 5) is 0. The van der Waals surface area contributed by atoms with Crippen molar-refractivity contribution in [3.8, 4) is 6.07 Å². The lowest BCUT2D eigenvalue weighted by Crippen LogP contribution is -2.23. The minimum atomic E-state index is 0.799. The zero-order valence-electron chi connectivity index (χ0n) is 15.8. The first-order valence-electron chi connectivity index (χ1n) is 10.5. The monoisotopic (exact) mass is 327 g/mol. The molecule has 134 valence electrons. The van der Waals surface area contributed by atoms with Crippen LogP contribution in [0.2, 0.25) is 0 Å². The molecular weight excluding hydrogens is 290 g/mol. The van der Waals surface area contributed by atoms with E-state index < -0.39 is 0 Å². The van der Waals surface area contributed by atoms with Crippen LogP contribution >= 0.6 is 0 Å². The smallest absolute Gasteiger partial charge is 0.0908 e. The van der Waals surface area contributed by atoms with Crippen molar-refractivity contribution in [2.75, 3.05) is 0 Å². The highest BCUT2D eigenvalue weighted by Crippen LogP contribution is 2.42. The van der Waals surface area contributed by atoms with Gasteiger partial charge in [-0.3, -0.25) is 0 Å². The summed E-state index contributed by atoms with van der Waals surface area (Å²) in [5.41, 5.74) is 1.60. The Kier molecular flexibility index (Phi) is 8.65. The van der Waals surface area contributed by atoms with Gasteiger partial charge in [0.2, 0.25) is 0 Å². The number of hydrogen-bond acceptors (Lipinski definition) is 1. The molecule has 1 heteroatoms. The molecule has 0 atom stereocenters. The Morgan fingerprint density at radius 3 is 2.00 bits per heavy atom. The Balaban J connectivity index is 1.66. The van der Waals surface area contributed by atoms with E-state index in [4.69, 9.17) is 5.26 Å². The Morgan fingerprint density at radius 2 is 1.50 bits per heavy atom. The summed E-state index contributed by atoms with van der Waals surface area (Å²) in [6.07, 6.45) is 21.4. The quantitative estimate of drug-likeness (QED) is 0.341. The maximum absolute atomic E-state index is 8.54. The number of nitrogens with zero attached hydrogens (tertiary/aromatic N) is 1. The molecule has 2 aliphatic carbocycles. The van der Waals surface area contributed by atoms with Gasteiger partial charge in [0.25, 0.3) is 0 Å². The summed E-state index contributed by atoms with van der Waals surface area (Å²) in [6, 6.07) is 2.09. The molecule has 24 heavy (non-hydrogen) atoms. The lowest BCUT2D eigenvalue weighted by molar-refractivity contribution is 0.240. The fourth-order valence-electron chi connectivity index (χ4n) is 4.94. The van der Waals surface area contributed by atoms with Gasteiger partial charge in [0.05, 0.1) is 6.07 Å². The number of allylic oxidation sites excluding steroid dienone is 3. The molecular formula is C23H37N. The van der Waals surface area contributed by atoms with Crippen LogP contribution in [-0.2, 0) is 0 Å². The molecule has 0 radical (unpaired) electrons. The van der Waals surface area contributed by atoms with Crippen LogP contribution in [0.3, 0.4) is 0 Å². The molecule has 0 N–H and O–H groups in total. The van der Waals surface area contributed by atoms with E-state index in [1.165, 1.54) is 77.0 Å². The first kappa shape index (κ1) is 19.3. The second-order valence-corrected chi connectivity index (χ2v) is 8.26. The molecule has 0 bridgehead atoms. The van der Waals surface area contributed by atoms with Crippen molar-refractivity contribution >= 4 is 0 Å². The summed E-state index contributed by atoms with van der Waals surface area (Å²) < 4.78 is 0. The van der Waals surface area contributed by atoms with Crippen molar-refractivity contribution in [1.29, 1.82) is 5.26 Å². The maximum Gasteiger partial charge on any atom is 0.0908 e. The largest absolute Gasteiger partial charge is 0.193 e. The average Bonchev–Trinajstić information content (AvgIpc) is 2.64. The van der Waals surface area contributed by atoms with Crippen LogP contribution < -0.4 is 0 Å². The van der Waals surface area contributed by atoms with Gasteiger partial charge in [0.15, 0.2) is 0 Å². The molecule has 0 aliphatic heterocycles. The minimum absolute atomic E-state index is 0.799. The van der Waals surface area contributed by atoms with E-state index in [9.17, 15) is 0 Å². The fraction of sp³-hybridized carbons (Fsp3) is 0.783. The number of nitriles is 1. The van der Waals surface area contributed by atoms with Gasteiger partial charge >= 0.3 is 0 Å². The molecule has 0 aromatic carbocycles. The summed E-state index contributed by atoms with van der Waals surface area (Å²) in [6.45, 7) is 6.86. The van der Waals surface area contributed by atoms with Crippen LogP contribution in [0.1, 0.15) is 90.4 Å². The predicted octanol–water partition coefficient (Wildman–Crippen LogP) is 7.21. The Labute approximate surface area is 150 Å². The third-order valence-electron chi connectivity index (χ3n) is 6.64. The molecule has 1 nitrogen and oxygen atoms in total. The summed E-state index contributed by atoms with van der Waals surface area (Å²) >= 11 is 0. The molecule has 2 aliphatic rings. The van der Waals surface area contributed by atoms with E-state index in [0.717, 1.165) is 30.1 Å². The lowest BCUT2D eigenvalue weighted by Gasteiger charge is -2.36. The number of unbranched alkanes of at least 4 members (excludes halogenated alkanes) is 1. The average molecular weight is 328 g/mol. The van der Waals surface area contributed by atoms with Crippen LogP contribution in [-0.4, -0.2) is 0 Å². The van der Waals surface area contributed by atoms with Crippen molar-refractivity contribution < 1.29 is 0 Å². The van der Waals surface area contributed by atoms with Crippen molar-refractivity contribution in [2.45, 2.75) is 90.4 Å². The van der Waals surface area contributed by atoms with Gasteiger partial charge in [-0.05, 0) is 87.9 Å². The molecule has 0 heterocycles. The fourth-order valence-corrected chi connectivity index (χ4v) is 4.94. The second-order valence-electron chi connectivity index (χ2n) is 8.26. The molecule has 2 fully saturated rings. The Morgan fingerprint density at radius 1 is 0.958 bits per heavy atom. The second kappa shape index (κ2) is 10.8. The van der Waals surface area contributed by atoms with Gasteiger partial charge in [0, 0.05) is 6.08 Å². The third-order valence-corrected chi connectivity index (χ3v) is 6.64. The predicted molar refractivity (Wildman–Crippen MR) is 104 cm³/mol. The van der Waals surface area contributed by atoms with E-state index in [1.807, 2.05) is 6.08 Å². The van der Waals surface area contributed by atoms with Crippen molar-refractivity contribution in [2.24, 2.45) is 23.7 Å². The van der Waals surface area contributed by atoms with Crippen molar-refractivity contribution in [3.05, 3.63) is 24.3 Å². The van der Waals surface area contributed by atoms with Gasteiger partial charge in [-0.25, -0.2) is 0 Å². The highest BCUT2D eigenvalue weighted by Gasteiger charge is 2.29. The zero-order valence-corrected chi connectivity index (χ0v) is 15.8. The van der Waals surface area contributed by atoms with Gasteiger partial charge in [-0.2, -0.15) is 5.26 Å².